The van der Waals surface area contributed by atoms with E-state index in [0.717, 1.165) is 16.3 Å². The monoisotopic (exact) mass is 1120 g/mol. The number of azo groups is 2. The number of fused-ring (bicyclic) bond motifs is 2. The second-order valence-electron chi connectivity index (χ2n) is 18.1. The summed E-state index contributed by atoms with van der Waals surface area (Å²) in [5.41, 5.74) is 3.39. The second kappa shape index (κ2) is 21.9. The summed E-state index contributed by atoms with van der Waals surface area (Å²) in [5.74, 6) is -3.13. The van der Waals surface area contributed by atoms with Crippen molar-refractivity contribution in [2.75, 3.05) is 16.0 Å². The predicted molar refractivity (Wildman–Crippen MR) is 312 cm³/mol. The van der Waals surface area contributed by atoms with E-state index >= 15 is 0 Å². The summed E-state index contributed by atoms with van der Waals surface area (Å²) in [7, 11) is 0. The summed E-state index contributed by atoms with van der Waals surface area (Å²) in [5, 5.41) is 56.9. The maximum atomic E-state index is 14.5. The molecule has 0 heterocycles. The third-order valence-corrected chi connectivity index (χ3v) is 14.1. The first-order chi connectivity index (χ1) is 38.3. The number of para-hydroxylation sites is 2. The fourth-order valence-electron chi connectivity index (χ4n) is 9.18. The fourth-order valence-corrected chi connectivity index (χ4v) is 9.82. The lowest BCUT2D eigenvalue weighted by atomic mass is 9.88. The summed E-state index contributed by atoms with van der Waals surface area (Å²) in [4.78, 5) is 56.1. The maximum Gasteiger partial charge on any atom is 0.259 e. The Labute approximate surface area is 469 Å². The highest BCUT2D eigenvalue weighted by Crippen LogP contribution is 2.44. The zero-order chi connectivity index (χ0) is 54.9. The molecule has 1 unspecified atom stereocenters. The average molecular weight is 1120 g/mol. The first kappa shape index (κ1) is 51.7. The van der Waals surface area contributed by atoms with Crippen LogP contribution in [0.4, 0.5) is 39.8 Å². The molecule has 0 spiro atoms. The number of amides is 4. The molecule has 0 aromatic heterocycles. The van der Waals surface area contributed by atoms with Crippen molar-refractivity contribution in [2.24, 2.45) is 20.5 Å². The number of aromatic hydroxyl groups is 2. The van der Waals surface area contributed by atoms with Crippen molar-refractivity contribution in [1.82, 2.24) is 5.32 Å². The minimum absolute atomic E-state index is 0.0428. The number of phenols is 2. The van der Waals surface area contributed by atoms with Crippen molar-refractivity contribution in [1.29, 1.82) is 0 Å². The summed E-state index contributed by atoms with van der Waals surface area (Å²) in [6.07, 6.45) is 3.59. The van der Waals surface area contributed by atoms with Crippen molar-refractivity contribution in [3.63, 3.8) is 0 Å². The van der Waals surface area contributed by atoms with Crippen LogP contribution in [0.15, 0.2) is 202 Å². The first-order valence-electron chi connectivity index (χ1n) is 24.2. The van der Waals surface area contributed by atoms with Gasteiger partial charge in [0.2, 0.25) is 0 Å². The lowest BCUT2D eigenvalue weighted by Gasteiger charge is -2.24. The van der Waals surface area contributed by atoms with Gasteiger partial charge in [-0.3, -0.25) is 19.2 Å². The molecule has 0 saturated heterocycles. The van der Waals surface area contributed by atoms with Crippen LogP contribution in [0, 0.1) is 0 Å². The zero-order valence-electron chi connectivity index (χ0n) is 40.8. The zero-order valence-corrected chi connectivity index (χ0v) is 43.8. The highest BCUT2D eigenvalue weighted by Gasteiger charge is 2.26. The van der Waals surface area contributed by atoms with Crippen molar-refractivity contribution in [2.45, 2.75) is 6.04 Å². The molecular formula is C61H38Cl4N8O6. The second-order valence-corrected chi connectivity index (χ2v) is 19.8. The number of carbonyl (C=O) groups is 4. The predicted octanol–water partition coefficient (Wildman–Crippen LogP) is 17.3. The van der Waals surface area contributed by atoms with Crippen LogP contribution in [0.5, 0.6) is 11.5 Å². The number of halogens is 4. The van der Waals surface area contributed by atoms with Crippen LogP contribution in [0.1, 0.15) is 58.6 Å². The Morgan fingerprint density at radius 2 is 0.975 bits per heavy atom. The third kappa shape index (κ3) is 10.7. The van der Waals surface area contributed by atoms with Gasteiger partial charge < -0.3 is 31.5 Å². The van der Waals surface area contributed by atoms with E-state index in [0.29, 0.717) is 54.2 Å². The molecule has 18 heteroatoms. The van der Waals surface area contributed by atoms with E-state index in [1.54, 1.807) is 133 Å². The molecule has 386 valence electrons. The minimum Gasteiger partial charge on any atom is -0.505 e. The molecule has 0 aliphatic heterocycles. The van der Waals surface area contributed by atoms with Gasteiger partial charge in [0.05, 0.1) is 27.2 Å². The number of nitrogens with zero attached hydrogens (tertiary/aromatic N) is 4. The molecule has 10 aromatic rings. The largest absolute Gasteiger partial charge is 0.505 e. The quantitative estimate of drug-likeness (QED) is 0.0656. The Bertz CT molecular complexity index is 4270. The molecular weight excluding hydrogens is 1080 g/mol. The minimum atomic E-state index is -0.698. The number of nitrogens with one attached hydrogen (secondary N) is 4. The van der Waals surface area contributed by atoms with Crippen LogP contribution in [0.2, 0.25) is 20.1 Å². The number of benzene rings is 10. The Kier molecular flexibility index (Phi) is 14.3. The van der Waals surface area contributed by atoms with E-state index in [9.17, 15) is 29.4 Å². The van der Waals surface area contributed by atoms with E-state index in [2.05, 4.69) is 41.7 Å². The van der Waals surface area contributed by atoms with Gasteiger partial charge in [-0.15, -0.1) is 20.5 Å². The third-order valence-electron chi connectivity index (χ3n) is 13.0. The normalized spacial score (nSPS) is 12.8. The van der Waals surface area contributed by atoms with Gasteiger partial charge in [-0.2, -0.15) is 0 Å². The molecule has 0 saturated carbocycles. The van der Waals surface area contributed by atoms with E-state index in [1.165, 1.54) is 24.3 Å². The van der Waals surface area contributed by atoms with E-state index in [4.69, 9.17) is 46.4 Å². The van der Waals surface area contributed by atoms with Crippen molar-refractivity contribution >= 4 is 148 Å². The number of hydrogen-bond acceptors (Lipinski definition) is 10. The number of phenolic OH excluding ortho intramolecular Hbond substituents is 2. The lowest BCUT2D eigenvalue weighted by Crippen LogP contribution is -2.28. The average Bonchev–Trinajstić information content (AvgIpc) is 3.55. The molecule has 6 N–H and O–H groups in total. The number of hydrogen-bond donors (Lipinski definition) is 6. The Balaban J connectivity index is 0.907. The molecule has 1 aliphatic rings. The molecule has 0 bridgehead atoms. The molecule has 0 fully saturated rings. The Morgan fingerprint density at radius 3 is 1.53 bits per heavy atom. The number of anilines is 3. The number of carbonyl (C=O) groups excluding carboxylic acids is 4. The first-order valence-corrected chi connectivity index (χ1v) is 25.7. The molecule has 79 heavy (non-hydrogen) atoms. The van der Waals surface area contributed by atoms with Crippen molar-refractivity contribution in [3.05, 3.63) is 235 Å². The van der Waals surface area contributed by atoms with Gasteiger partial charge in [0.15, 0.2) is 11.5 Å². The van der Waals surface area contributed by atoms with Crippen LogP contribution in [-0.2, 0) is 0 Å². The standard InChI is InChI=1S/C61H38Cl4N8O6/c62-37-17-22-47(64)51(30-37)70-72-54-42-20-15-34(27-36(42)28-45(56(54)74)60(78)67-40-11-5-2-6-12-40)59(77)68-50-25-21-44-49(24-16-32-8-7-13-43(50)53(32)44)69-61(79)46-29-35-26-33(58(76)66-39-9-3-1-4-10-39)14-19-41(35)55(57(46)75)73-71-52-31-38(63)18-23-48(52)65/h1-31,50,74-75H,(H,66,76)(H,67,78)(H,68,77)(H,69,79). The molecule has 14 nitrogen and oxygen atoms in total. The van der Waals surface area contributed by atoms with Gasteiger partial charge in [0.25, 0.3) is 23.6 Å². The van der Waals surface area contributed by atoms with Gasteiger partial charge in [0, 0.05) is 54.6 Å². The van der Waals surface area contributed by atoms with E-state index < -0.39 is 41.2 Å². The van der Waals surface area contributed by atoms with Crippen LogP contribution >= 0.6 is 46.4 Å². The topological polar surface area (TPSA) is 206 Å². The fraction of sp³-hybridized carbons (Fsp3) is 0.0164. The maximum absolute atomic E-state index is 14.5. The lowest BCUT2D eigenvalue weighted by molar-refractivity contribution is 0.0942. The van der Waals surface area contributed by atoms with Crippen LogP contribution in [0.3, 0.4) is 0 Å². The molecule has 1 aliphatic carbocycles. The van der Waals surface area contributed by atoms with Crippen molar-refractivity contribution in [3.8, 4) is 11.5 Å². The van der Waals surface area contributed by atoms with Crippen molar-refractivity contribution < 1.29 is 29.4 Å². The highest BCUT2D eigenvalue weighted by molar-refractivity contribution is 6.35. The summed E-state index contributed by atoms with van der Waals surface area (Å²) in [6, 6.07) is 48.1. The smallest absolute Gasteiger partial charge is 0.259 e. The number of rotatable bonds is 12. The molecule has 0 radical (unpaired) electrons. The van der Waals surface area contributed by atoms with Gasteiger partial charge in [-0.1, -0.05) is 131 Å². The van der Waals surface area contributed by atoms with E-state index in [1.807, 2.05) is 30.3 Å². The van der Waals surface area contributed by atoms with E-state index in [-0.39, 0.29) is 55.0 Å². The summed E-state index contributed by atoms with van der Waals surface area (Å²) in [6.45, 7) is 0. The SMILES string of the molecule is O=C(Nc1ccccc1)c1ccc2c(N=Nc3cc(Cl)ccc3Cl)c(O)c(C(=O)Nc3ccc4cccc5c4c3C=CC5NC(=O)c3ccc4c(N=Nc5cc(Cl)ccc5Cl)c(O)c(C(=O)Nc5ccccc5)cc4c3)cc2c1. The van der Waals surface area contributed by atoms with Gasteiger partial charge in [-0.05, 0) is 130 Å². The van der Waals surface area contributed by atoms with Crippen LogP contribution in [0.25, 0.3) is 38.4 Å². The molecule has 10 aromatic carbocycles. The van der Waals surface area contributed by atoms with Crippen LogP contribution < -0.4 is 21.3 Å². The van der Waals surface area contributed by atoms with Gasteiger partial charge in [-0.25, -0.2) is 0 Å². The highest BCUT2D eigenvalue weighted by atomic mass is 35.5. The molecule has 11 rings (SSSR count). The molecule has 4 amide bonds. The van der Waals surface area contributed by atoms with Crippen LogP contribution in [-0.4, -0.2) is 33.8 Å². The Hall–Kier alpha value is -9.44. The molecule has 1 atom stereocenters. The Morgan fingerprint density at radius 1 is 0.456 bits per heavy atom. The van der Waals surface area contributed by atoms with Gasteiger partial charge in [0.1, 0.15) is 22.7 Å². The summed E-state index contributed by atoms with van der Waals surface area (Å²) < 4.78 is 0. The van der Waals surface area contributed by atoms with Gasteiger partial charge >= 0.3 is 0 Å². The summed E-state index contributed by atoms with van der Waals surface area (Å²) >= 11 is 25.2.